The minimum Gasteiger partial charge on any atom is -0.322 e. The number of thioether (sulfide) groups is 1. The highest BCUT2D eigenvalue weighted by Gasteiger charge is 2.39. The molecule has 4 aromatic rings. The lowest BCUT2D eigenvalue weighted by molar-refractivity contribution is -0.142. The fraction of sp³-hybridized carbons (Fsp3) is 0.286. The maximum absolute atomic E-state index is 13.9. The molecule has 2 aromatic carbocycles. The van der Waals surface area contributed by atoms with E-state index >= 15 is 0 Å². The molecule has 0 atom stereocenters. The Balaban J connectivity index is 1.33. The van der Waals surface area contributed by atoms with Gasteiger partial charge in [-0.25, -0.2) is 9.97 Å². The zero-order valence-corrected chi connectivity index (χ0v) is 22.0. The maximum Gasteiger partial charge on any atom is 0.433 e. The largest absolute Gasteiger partial charge is 0.433 e. The second-order valence-electron chi connectivity index (χ2n) is 9.36. The Bertz CT molecular complexity index is 1510. The van der Waals surface area contributed by atoms with Gasteiger partial charge in [0.25, 0.3) is 0 Å². The second kappa shape index (κ2) is 10.2. The van der Waals surface area contributed by atoms with Gasteiger partial charge in [0.05, 0.1) is 35.1 Å². The van der Waals surface area contributed by atoms with Crippen LogP contribution < -0.4 is 5.32 Å². The van der Waals surface area contributed by atoms with Gasteiger partial charge >= 0.3 is 6.18 Å². The summed E-state index contributed by atoms with van der Waals surface area (Å²) in [4.78, 5) is 21.1. The lowest BCUT2D eigenvalue weighted by atomic mass is 9.88. The Morgan fingerprint density at radius 1 is 1.03 bits per heavy atom. The van der Waals surface area contributed by atoms with Gasteiger partial charge in [-0.15, -0.1) is 0 Å². The number of nitrogens with zero attached hydrogens (tertiary/aromatic N) is 4. The van der Waals surface area contributed by atoms with Crippen LogP contribution in [0.25, 0.3) is 11.3 Å². The van der Waals surface area contributed by atoms with Crippen LogP contribution in [0.5, 0.6) is 0 Å². The fourth-order valence-electron chi connectivity index (χ4n) is 4.65. The molecule has 5 rings (SSSR count). The highest BCUT2D eigenvalue weighted by molar-refractivity contribution is 7.99. The predicted molar refractivity (Wildman–Crippen MR) is 141 cm³/mol. The molecular weight excluding hydrogens is 511 g/mol. The van der Waals surface area contributed by atoms with Crippen molar-refractivity contribution in [2.24, 2.45) is 0 Å². The van der Waals surface area contributed by atoms with Crippen molar-refractivity contribution in [3.63, 3.8) is 0 Å². The number of carbonyl (C=O) groups is 1. The highest BCUT2D eigenvalue weighted by atomic mass is 32.2. The standard InChI is InChI=1S/C28H26F3N5OS/c1-16-8-10-19(11-9-16)14-36-18(3)24(17(2)35-36)32-23(37)15-38-27-33-25-21-7-5-4-6-20(21)12-13-22(25)26(34-27)28(29,30)31/h4-11H,12-15H2,1-3H3,(H,32,37). The van der Waals surface area contributed by atoms with E-state index in [9.17, 15) is 18.0 Å². The number of nitrogens with one attached hydrogen (secondary N) is 1. The van der Waals surface area contributed by atoms with Crippen molar-refractivity contribution in [3.8, 4) is 11.3 Å². The summed E-state index contributed by atoms with van der Waals surface area (Å²) in [6.45, 7) is 6.26. The molecule has 38 heavy (non-hydrogen) atoms. The van der Waals surface area contributed by atoms with E-state index in [4.69, 9.17) is 0 Å². The number of aryl methyl sites for hydroxylation is 3. The third kappa shape index (κ3) is 5.31. The zero-order valence-electron chi connectivity index (χ0n) is 21.2. The first-order valence-corrected chi connectivity index (χ1v) is 13.2. The van der Waals surface area contributed by atoms with Crippen molar-refractivity contribution < 1.29 is 18.0 Å². The Morgan fingerprint density at radius 3 is 2.50 bits per heavy atom. The Hall–Kier alpha value is -3.66. The summed E-state index contributed by atoms with van der Waals surface area (Å²) in [6.07, 6.45) is -3.89. The Kier molecular flexibility index (Phi) is 7.00. The molecule has 1 amide bonds. The van der Waals surface area contributed by atoms with E-state index in [1.807, 2.05) is 54.9 Å². The summed E-state index contributed by atoms with van der Waals surface area (Å²) >= 11 is 0.887. The molecule has 0 spiro atoms. The number of alkyl halides is 3. The average molecular weight is 538 g/mol. The van der Waals surface area contributed by atoms with Gasteiger partial charge in [-0.1, -0.05) is 65.9 Å². The first kappa shape index (κ1) is 26.0. The van der Waals surface area contributed by atoms with E-state index in [1.165, 1.54) is 5.56 Å². The third-order valence-corrected chi connectivity index (χ3v) is 7.45. The molecule has 0 radical (unpaired) electrons. The number of halogens is 3. The normalized spacial score (nSPS) is 12.7. The summed E-state index contributed by atoms with van der Waals surface area (Å²) in [5.41, 5.74) is 5.41. The van der Waals surface area contributed by atoms with E-state index in [2.05, 4.69) is 20.4 Å². The maximum atomic E-state index is 13.9. The van der Waals surface area contributed by atoms with Gasteiger partial charge in [0.15, 0.2) is 10.9 Å². The van der Waals surface area contributed by atoms with Gasteiger partial charge in [0.1, 0.15) is 0 Å². The Labute approximate surface area is 222 Å². The van der Waals surface area contributed by atoms with Crippen molar-refractivity contribution in [1.82, 2.24) is 19.7 Å². The van der Waals surface area contributed by atoms with Crippen LogP contribution in [0.15, 0.2) is 53.7 Å². The number of rotatable bonds is 6. The molecule has 0 saturated heterocycles. The number of benzene rings is 2. The number of aromatic nitrogens is 4. The lowest BCUT2D eigenvalue weighted by Gasteiger charge is -2.22. The number of carbonyl (C=O) groups excluding carboxylic acids is 1. The number of anilines is 1. The van der Waals surface area contributed by atoms with Crippen LogP contribution in [0.2, 0.25) is 0 Å². The molecule has 1 aliphatic carbocycles. The fourth-order valence-corrected chi connectivity index (χ4v) is 5.30. The third-order valence-electron chi connectivity index (χ3n) is 6.60. The van der Waals surface area contributed by atoms with Gasteiger partial charge < -0.3 is 5.32 Å². The number of hydrogen-bond donors (Lipinski definition) is 1. The van der Waals surface area contributed by atoms with Crippen molar-refractivity contribution in [2.45, 2.75) is 51.5 Å². The molecule has 0 unspecified atom stereocenters. The minimum atomic E-state index is -4.61. The van der Waals surface area contributed by atoms with Crippen LogP contribution >= 0.6 is 11.8 Å². The predicted octanol–water partition coefficient (Wildman–Crippen LogP) is 6.16. The molecular formula is C28H26F3N5OS. The van der Waals surface area contributed by atoms with Crippen LogP contribution in [0.1, 0.15) is 39.3 Å². The molecule has 1 N–H and O–H groups in total. The van der Waals surface area contributed by atoms with Crippen LogP contribution in [0, 0.1) is 20.8 Å². The summed E-state index contributed by atoms with van der Waals surface area (Å²) in [5.74, 6) is -0.508. The molecule has 2 aromatic heterocycles. The van der Waals surface area contributed by atoms with Crippen molar-refractivity contribution in [2.75, 3.05) is 11.1 Å². The first-order valence-electron chi connectivity index (χ1n) is 12.2. The molecule has 2 heterocycles. The number of fused-ring (bicyclic) bond motifs is 3. The first-order chi connectivity index (χ1) is 18.1. The van der Waals surface area contributed by atoms with Gasteiger partial charge in [-0.05, 0) is 44.7 Å². The van der Waals surface area contributed by atoms with Gasteiger partial charge in [0, 0.05) is 11.1 Å². The average Bonchev–Trinajstić information content (AvgIpc) is 3.14. The van der Waals surface area contributed by atoms with E-state index in [-0.39, 0.29) is 28.8 Å². The molecule has 1 aliphatic rings. The van der Waals surface area contributed by atoms with Gasteiger partial charge in [-0.3, -0.25) is 9.48 Å². The molecule has 0 aliphatic heterocycles. The van der Waals surface area contributed by atoms with Crippen molar-refractivity contribution in [1.29, 1.82) is 0 Å². The SMILES string of the molecule is Cc1ccc(Cn2nc(C)c(NC(=O)CSc3nc4c(c(C(F)(F)F)n3)CCc3ccccc3-4)c2C)cc1. The molecule has 0 saturated carbocycles. The van der Waals surface area contributed by atoms with Crippen LogP contribution in [-0.4, -0.2) is 31.4 Å². The van der Waals surface area contributed by atoms with Crippen LogP contribution in [0.4, 0.5) is 18.9 Å². The quantitative estimate of drug-likeness (QED) is 0.236. The summed E-state index contributed by atoms with van der Waals surface area (Å²) < 4.78 is 43.5. The summed E-state index contributed by atoms with van der Waals surface area (Å²) in [5, 5.41) is 7.34. The molecule has 196 valence electrons. The van der Waals surface area contributed by atoms with Gasteiger partial charge in [-0.2, -0.15) is 18.3 Å². The topological polar surface area (TPSA) is 72.7 Å². The number of hydrogen-bond acceptors (Lipinski definition) is 5. The molecule has 0 fully saturated rings. The van der Waals surface area contributed by atoms with E-state index in [1.54, 1.807) is 19.1 Å². The second-order valence-corrected chi connectivity index (χ2v) is 10.3. The highest BCUT2D eigenvalue weighted by Crippen LogP contribution is 2.40. The molecule has 6 nitrogen and oxygen atoms in total. The van der Waals surface area contributed by atoms with Crippen LogP contribution in [-0.2, 0) is 30.4 Å². The van der Waals surface area contributed by atoms with Gasteiger partial charge in [0.2, 0.25) is 5.91 Å². The van der Waals surface area contributed by atoms with E-state index in [0.29, 0.717) is 35.6 Å². The summed E-state index contributed by atoms with van der Waals surface area (Å²) in [6, 6.07) is 15.5. The summed E-state index contributed by atoms with van der Waals surface area (Å²) in [7, 11) is 0. The van der Waals surface area contributed by atoms with Crippen molar-refractivity contribution in [3.05, 3.63) is 87.9 Å². The minimum absolute atomic E-state index is 0.0774. The van der Waals surface area contributed by atoms with E-state index in [0.717, 1.165) is 28.6 Å². The van der Waals surface area contributed by atoms with E-state index < -0.39 is 11.9 Å². The smallest absolute Gasteiger partial charge is 0.322 e. The van der Waals surface area contributed by atoms with Crippen LogP contribution in [0.3, 0.4) is 0 Å². The number of amides is 1. The molecule has 10 heteroatoms. The monoisotopic (exact) mass is 537 g/mol. The van der Waals surface area contributed by atoms with Crippen molar-refractivity contribution >= 4 is 23.4 Å². The molecule has 0 bridgehead atoms. The Morgan fingerprint density at radius 2 is 1.76 bits per heavy atom. The zero-order chi connectivity index (χ0) is 27.0. The lowest BCUT2D eigenvalue weighted by Crippen LogP contribution is -2.19.